The third-order valence-electron chi connectivity index (χ3n) is 3.96. The quantitative estimate of drug-likeness (QED) is 0.494. The zero-order valence-corrected chi connectivity index (χ0v) is 17.6. The molecular weight excluding hydrogens is 398 g/mol. The number of thioether (sulfide) groups is 1. The van der Waals surface area contributed by atoms with Crippen LogP contribution in [-0.4, -0.2) is 48.2 Å². The van der Waals surface area contributed by atoms with Crippen LogP contribution in [0.15, 0.2) is 52.5 Å². The van der Waals surface area contributed by atoms with Crippen LogP contribution in [-0.2, 0) is 14.8 Å². The molecule has 0 saturated carbocycles. The molecule has 0 radical (unpaired) electrons. The van der Waals surface area contributed by atoms with Crippen molar-refractivity contribution in [3.63, 3.8) is 0 Å². The zero-order chi connectivity index (χ0) is 20.7. The number of ketones is 1. The van der Waals surface area contributed by atoms with Crippen molar-refractivity contribution in [3.8, 4) is 0 Å². The van der Waals surface area contributed by atoms with Gasteiger partial charge in [0.2, 0.25) is 15.9 Å². The van der Waals surface area contributed by atoms with Gasteiger partial charge >= 0.3 is 0 Å². The first-order valence-corrected chi connectivity index (χ1v) is 11.2. The Bertz CT molecular complexity index is 940. The maximum absolute atomic E-state index is 12.4. The number of nitrogens with one attached hydrogen (secondary N) is 1. The summed E-state index contributed by atoms with van der Waals surface area (Å²) in [5, 5.41) is 3.28. The third-order valence-corrected chi connectivity index (χ3v) is 6.93. The Labute approximate surface area is 169 Å². The molecule has 9 heteroatoms. The first kappa shape index (κ1) is 22.1. The van der Waals surface area contributed by atoms with E-state index in [1.165, 1.54) is 35.3 Å². The summed E-state index contributed by atoms with van der Waals surface area (Å²) in [6, 6.07) is 9.80. The Morgan fingerprint density at radius 2 is 1.86 bits per heavy atom. The fourth-order valence-electron chi connectivity index (χ4n) is 2.47. The van der Waals surface area contributed by atoms with Gasteiger partial charge in [0, 0.05) is 30.5 Å². The van der Waals surface area contributed by atoms with Gasteiger partial charge in [-0.2, -0.15) is 4.31 Å². The van der Waals surface area contributed by atoms with Crippen LogP contribution in [0.1, 0.15) is 31.1 Å². The summed E-state index contributed by atoms with van der Waals surface area (Å²) in [7, 11) is -3.55. The van der Waals surface area contributed by atoms with E-state index in [-0.39, 0.29) is 22.3 Å². The summed E-state index contributed by atoms with van der Waals surface area (Å²) in [5.74, 6) is -0.207. The highest BCUT2D eigenvalue weighted by atomic mass is 32.2. The number of pyridine rings is 1. The summed E-state index contributed by atoms with van der Waals surface area (Å²) in [6.07, 6.45) is 1.31. The van der Waals surface area contributed by atoms with E-state index in [0.717, 1.165) is 0 Å². The largest absolute Gasteiger partial charge is 0.325 e. The minimum Gasteiger partial charge on any atom is -0.325 e. The molecule has 150 valence electrons. The molecule has 7 nitrogen and oxygen atoms in total. The van der Waals surface area contributed by atoms with Gasteiger partial charge in [-0.05, 0) is 31.2 Å². The normalized spacial score (nSPS) is 11.4. The minimum atomic E-state index is -3.55. The van der Waals surface area contributed by atoms with E-state index in [9.17, 15) is 18.0 Å². The maximum atomic E-state index is 12.4. The van der Waals surface area contributed by atoms with Crippen LogP contribution in [0.25, 0.3) is 0 Å². The highest BCUT2D eigenvalue weighted by Crippen LogP contribution is 2.20. The summed E-state index contributed by atoms with van der Waals surface area (Å²) in [4.78, 5) is 27.8. The molecule has 0 bridgehead atoms. The van der Waals surface area contributed by atoms with Gasteiger partial charge in [-0.25, -0.2) is 13.4 Å². The Balaban J connectivity index is 1.97. The second-order valence-corrected chi connectivity index (χ2v) is 8.83. The van der Waals surface area contributed by atoms with Gasteiger partial charge in [-0.15, -0.1) is 0 Å². The predicted molar refractivity (Wildman–Crippen MR) is 110 cm³/mol. The number of Topliss-reactive ketones (excluding diaryl/α,β-unsaturated/α-hetero) is 1. The topological polar surface area (TPSA) is 96.4 Å². The average molecular weight is 422 g/mol. The highest BCUT2D eigenvalue weighted by molar-refractivity contribution is 7.99. The van der Waals surface area contributed by atoms with Crippen molar-refractivity contribution in [2.75, 3.05) is 24.2 Å². The number of carbonyl (C=O) groups is 2. The monoisotopic (exact) mass is 421 g/mol. The molecule has 1 N–H and O–H groups in total. The second-order valence-electron chi connectivity index (χ2n) is 5.90. The highest BCUT2D eigenvalue weighted by Gasteiger charge is 2.21. The number of amides is 1. The number of anilines is 1. The van der Waals surface area contributed by atoms with Crippen LogP contribution in [0.4, 0.5) is 5.69 Å². The summed E-state index contributed by atoms with van der Waals surface area (Å²) < 4.78 is 26.2. The van der Waals surface area contributed by atoms with Gasteiger partial charge in [0.05, 0.1) is 10.8 Å². The molecule has 0 aliphatic carbocycles. The van der Waals surface area contributed by atoms with E-state index in [0.29, 0.717) is 29.4 Å². The number of nitrogens with zero attached hydrogens (tertiary/aromatic N) is 2. The zero-order valence-electron chi connectivity index (χ0n) is 16.0. The summed E-state index contributed by atoms with van der Waals surface area (Å²) in [6.45, 7) is 5.81. The van der Waals surface area contributed by atoms with Gasteiger partial charge in [-0.3, -0.25) is 9.59 Å². The lowest BCUT2D eigenvalue weighted by molar-refractivity contribution is -0.113. The maximum Gasteiger partial charge on any atom is 0.244 e. The molecule has 2 rings (SSSR count). The lowest BCUT2D eigenvalue weighted by atomic mass is 10.1. The molecule has 0 spiro atoms. The number of benzene rings is 1. The van der Waals surface area contributed by atoms with Crippen LogP contribution < -0.4 is 5.32 Å². The Morgan fingerprint density at radius 3 is 2.43 bits per heavy atom. The van der Waals surface area contributed by atoms with Gasteiger partial charge in [-0.1, -0.05) is 37.7 Å². The standard InChI is InChI=1S/C19H23N3O4S2/c1-4-22(5-2)28(25,26)17-9-10-19(20-12-17)27-13-18(24)21-16-8-6-7-15(11-16)14(3)23/h6-12H,4-5,13H2,1-3H3,(H,21,24). The Kier molecular flexibility index (Phi) is 7.73. The molecule has 2 aromatic rings. The first-order valence-electron chi connectivity index (χ1n) is 8.77. The average Bonchev–Trinajstić information content (AvgIpc) is 2.67. The molecule has 0 aliphatic rings. The van der Waals surface area contributed by atoms with Crippen molar-refractivity contribution < 1.29 is 18.0 Å². The number of sulfonamides is 1. The number of hydrogen-bond donors (Lipinski definition) is 1. The van der Waals surface area contributed by atoms with Crippen LogP contribution in [0.2, 0.25) is 0 Å². The van der Waals surface area contributed by atoms with E-state index < -0.39 is 10.0 Å². The van der Waals surface area contributed by atoms with Crippen molar-refractivity contribution in [3.05, 3.63) is 48.2 Å². The first-order chi connectivity index (χ1) is 13.3. The molecule has 1 aromatic carbocycles. The lowest BCUT2D eigenvalue weighted by Gasteiger charge is -2.18. The number of hydrogen-bond acceptors (Lipinski definition) is 6. The molecule has 0 aliphatic heterocycles. The van der Waals surface area contributed by atoms with E-state index in [1.807, 2.05) is 0 Å². The summed E-state index contributed by atoms with van der Waals surface area (Å²) >= 11 is 1.20. The van der Waals surface area contributed by atoms with Gasteiger partial charge in [0.15, 0.2) is 5.78 Å². The molecule has 1 heterocycles. The smallest absolute Gasteiger partial charge is 0.244 e. The molecule has 0 atom stereocenters. The fourth-order valence-corrected chi connectivity index (χ4v) is 4.52. The van der Waals surface area contributed by atoms with Gasteiger partial charge < -0.3 is 5.32 Å². The van der Waals surface area contributed by atoms with Gasteiger partial charge in [0.1, 0.15) is 4.90 Å². The molecule has 28 heavy (non-hydrogen) atoms. The lowest BCUT2D eigenvalue weighted by Crippen LogP contribution is -2.30. The molecule has 0 fully saturated rings. The van der Waals surface area contributed by atoms with Crippen molar-refractivity contribution in [1.29, 1.82) is 0 Å². The molecule has 0 unspecified atom stereocenters. The van der Waals surface area contributed by atoms with Crippen molar-refractivity contribution >= 4 is 39.2 Å². The van der Waals surface area contributed by atoms with E-state index in [1.54, 1.807) is 44.2 Å². The van der Waals surface area contributed by atoms with E-state index in [4.69, 9.17) is 0 Å². The number of rotatable bonds is 9. The Morgan fingerprint density at radius 1 is 1.14 bits per heavy atom. The predicted octanol–water partition coefficient (Wildman–Crippen LogP) is 3.05. The van der Waals surface area contributed by atoms with Crippen molar-refractivity contribution in [2.24, 2.45) is 0 Å². The molecule has 1 amide bonds. The summed E-state index contributed by atoms with van der Waals surface area (Å²) in [5.41, 5.74) is 1.07. The van der Waals surface area contributed by atoms with Crippen LogP contribution in [0, 0.1) is 0 Å². The van der Waals surface area contributed by atoms with E-state index in [2.05, 4.69) is 10.3 Å². The minimum absolute atomic E-state index is 0.0746. The van der Waals surface area contributed by atoms with E-state index >= 15 is 0 Å². The fraction of sp³-hybridized carbons (Fsp3) is 0.316. The van der Waals surface area contributed by atoms with Crippen molar-refractivity contribution in [1.82, 2.24) is 9.29 Å². The molecule has 0 saturated heterocycles. The number of carbonyl (C=O) groups excluding carboxylic acids is 2. The van der Waals surface area contributed by atoms with Gasteiger partial charge in [0.25, 0.3) is 0 Å². The molecule has 1 aromatic heterocycles. The van der Waals surface area contributed by atoms with Crippen LogP contribution >= 0.6 is 11.8 Å². The van der Waals surface area contributed by atoms with Crippen LogP contribution in [0.5, 0.6) is 0 Å². The number of aromatic nitrogens is 1. The van der Waals surface area contributed by atoms with Crippen molar-refractivity contribution in [2.45, 2.75) is 30.7 Å². The van der Waals surface area contributed by atoms with Crippen LogP contribution in [0.3, 0.4) is 0 Å². The molecular formula is C19H23N3O4S2. The SMILES string of the molecule is CCN(CC)S(=O)(=O)c1ccc(SCC(=O)Nc2cccc(C(C)=O)c2)nc1. The second kappa shape index (κ2) is 9.81. The Hall–Kier alpha value is -2.23. The third kappa shape index (κ3) is 5.63.